The molecule has 4 rings (SSSR count). The molecule has 5 nitrogen and oxygen atoms in total. The standard InChI is InChI=1S/C24H21N3O2/c1-29-23-15-11-21(12-16-23)25-20-9-13-22(14-10-20)27(26-17-5-6-18-26)24(28)19-7-3-2-4-8-19/h2-18,25H,1H3. The third-order valence-corrected chi connectivity index (χ3v) is 4.52. The van der Waals surface area contributed by atoms with Gasteiger partial charge in [-0.15, -0.1) is 0 Å². The minimum absolute atomic E-state index is 0.0994. The zero-order chi connectivity index (χ0) is 20.1. The number of hydrogen-bond donors (Lipinski definition) is 1. The first-order valence-corrected chi connectivity index (χ1v) is 9.28. The van der Waals surface area contributed by atoms with Crippen LogP contribution < -0.4 is 15.1 Å². The van der Waals surface area contributed by atoms with Crippen molar-refractivity contribution >= 4 is 23.0 Å². The largest absolute Gasteiger partial charge is 0.497 e. The fourth-order valence-corrected chi connectivity index (χ4v) is 3.04. The molecule has 1 aromatic heterocycles. The fraction of sp³-hybridized carbons (Fsp3) is 0.0417. The molecule has 1 N–H and O–H groups in total. The Morgan fingerprint density at radius 1 is 0.793 bits per heavy atom. The van der Waals surface area contributed by atoms with Gasteiger partial charge in [0.1, 0.15) is 5.75 Å². The van der Waals surface area contributed by atoms with E-state index < -0.39 is 0 Å². The van der Waals surface area contributed by atoms with Crippen LogP contribution in [0.1, 0.15) is 10.4 Å². The van der Waals surface area contributed by atoms with Crippen molar-refractivity contribution < 1.29 is 9.53 Å². The van der Waals surface area contributed by atoms with E-state index in [1.807, 2.05) is 103 Å². The van der Waals surface area contributed by atoms with Gasteiger partial charge in [-0.2, -0.15) is 0 Å². The molecule has 5 heteroatoms. The van der Waals surface area contributed by atoms with Gasteiger partial charge >= 0.3 is 0 Å². The van der Waals surface area contributed by atoms with Crippen molar-refractivity contribution in [3.8, 4) is 5.75 Å². The Hall–Kier alpha value is -3.99. The van der Waals surface area contributed by atoms with Gasteiger partial charge in [0.05, 0.1) is 12.8 Å². The highest BCUT2D eigenvalue weighted by Crippen LogP contribution is 2.24. The molecule has 0 fully saturated rings. The Labute approximate surface area is 169 Å². The number of methoxy groups -OCH3 is 1. The first-order chi connectivity index (χ1) is 14.2. The normalized spacial score (nSPS) is 10.4. The molecule has 0 saturated carbocycles. The van der Waals surface area contributed by atoms with Crippen LogP contribution in [0.25, 0.3) is 0 Å². The number of amides is 1. The van der Waals surface area contributed by atoms with Gasteiger partial charge in [0.25, 0.3) is 5.91 Å². The van der Waals surface area contributed by atoms with Crippen LogP contribution in [0.4, 0.5) is 17.1 Å². The smallest absolute Gasteiger partial charge is 0.277 e. The lowest BCUT2D eigenvalue weighted by molar-refractivity contribution is 0.0976. The molecular formula is C24H21N3O2. The summed E-state index contributed by atoms with van der Waals surface area (Å²) in [7, 11) is 1.65. The summed E-state index contributed by atoms with van der Waals surface area (Å²) < 4.78 is 6.97. The molecule has 0 spiro atoms. The molecule has 29 heavy (non-hydrogen) atoms. The van der Waals surface area contributed by atoms with Gasteiger partial charge in [-0.1, -0.05) is 18.2 Å². The van der Waals surface area contributed by atoms with Crippen molar-refractivity contribution in [2.24, 2.45) is 0 Å². The molecule has 0 unspecified atom stereocenters. The number of hydrogen-bond acceptors (Lipinski definition) is 3. The molecule has 144 valence electrons. The Bertz CT molecular complexity index is 1060. The highest BCUT2D eigenvalue weighted by Gasteiger charge is 2.19. The van der Waals surface area contributed by atoms with Gasteiger partial charge in [-0.25, -0.2) is 5.01 Å². The van der Waals surface area contributed by atoms with Crippen LogP contribution in [0.2, 0.25) is 0 Å². The van der Waals surface area contributed by atoms with Crippen LogP contribution in [-0.2, 0) is 0 Å². The zero-order valence-corrected chi connectivity index (χ0v) is 16.0. The van der Waals surface area contributed by atoms with Gasteiger partial charge in [0.15, 0.2) is 0 Å². The second-order valence-corrected chi connectivity index (χ2v) is 6.45. The topological polar surface area (TPSA) is 46.5 Å². The van der Waals surface area contributed by atoms with E-state index in [2.05, 4.69) is 5.32 Å². The number of benzene rings is 3. The van der Waals surface area contributed by atoms with Crippen LogP contribution >= 0.6 is 0 Å². The third kappa shape index (κ3) is 4.14. The Balaban J connectivity index is 1.59. The zero-order valence-electron chi connectivity index (χ0n) is 16.0. The van der Waals surface area contributed by atoms with Crippen LogP contribution in [-0.4, -0.2) is 17.7 Å². The highest BCUT2D eigenvalue weighted by atomic mass is 16.5. The minimum atomic E-state index is -0.0994. The number of rotatable bonds is 6. The van der Waals surface area contributed by atoms with Crippen molar-refractivity contribution in [2.75, 3.05) is 17.4 Å². The number of carbonyl (C=O) groups is 1. The summed E-state index contributed by atoms with van der Waals surface area (Å²) in [5.41, 5.74) is 3.29. The van der Waals surface area contributed by atoms with E-state index in [1.165, 1.54) is 0 Å². The highest BCUT2D eigenvalue weighted by molar-refractivity contribution is 6.05. The molecular weight excluding hydrogens is 362 g/mol. The Morgan fingerprint density at radius 2 is 1.38 bits per heavy atom. The molecule has 0 radical (unpaired) electrons. The van der Waals surface area contributed by atoms with Gasteiger partial charge in [-0.3, -0.25) is 9.47 Å². The van der Waals surface area contributed by atoms with Crippen LogP contribution in [0, 0.1) is 0 Å². The average molecular weight is 383 g/mol. The average Bonchev–Trinajstić information content (AvgIpc) is 3.30. The minimum Gasteiger partial charge on any atom is -0.497 e. The maximum Gasteiger partial charge on any atom is 0.277 e. The number of anilines is 3. The van der Waals surface area contributed by atoms with Crippen molar-refractivity contribution in [1.29, 1.82) is 0 Å². The quantitative estimate of drug-likeness (QED) is 0.488. The molecule has 4 aromatic rings. The summed E-state index contributed by atoms with van der Waals surface area (Å²) in [4.78, 5) is 13.2. The van der Waals surface area contributed by atoms with Crippen molar-refractivity contribution in [2.45, 2.75) is 0 Å². The van der Waals surface area contributed by atoms with Crippen LogP contribution in [0.3, 0.4) is 0 Å². The summed E-state index contributed by atoms with van der Waals surface area (Å²) in [6.07, 6.45) is 3.70. The predicted octanol–water partition coefficient (Wildman–Crippen LogP) is 5.35. The number of nitrogens with one attached hydrogen (secondary N) is 1. The van der Waals surface area contributed by atoms with E-state index in [1.54, 1.807) is 16.8 Å². The summed E-state index contributed by atoms with van der Waals surface area (Å²) in [5, 5.41) is 5.00. The van der Waals surface area contributed by atoms with Gasteiger partial charge in [0.2, 0.25) is 0 Å². The fourth-order valence-electron chi connectivity index (χ4n) is 3.04. The first-order valence-electron chi connectivity index (χ1n) is 9.28. The molecule has 0 aliphatic heterocycles. The van der Waals surface area contributed by atoms with Crippen LogP contribution in [0.5, 0.6) is 5.75 Å². The Morgan fingerprint density at radius 3 is 1.97 bits per heavy atom. The second kappa shape index (κ2) is 8.35. The summed E-state index contributed by atoms with van der Waals surface area (Å²) in [6, 6.07) is 28.5. The van der Waals surface area contributed by atoms with E-state index in [9.17, 15) is 4.79 Å². The summed E-state index contributed by atoms with van der Waals surface area (Å²) >= 11 is 0. The molecule has 0 aliphatic rings. The maximum absolute atomic E-state index is 13.2. The molecule has 1 heterocycles. The van der Waals surface area contributed by atoms with E-state index >= 15 is 0 Å². The van der Waals surface area contributed by atoms with Crippen molar-refractivity contribution in [3.05, 3.63) is 109 Å². The lowest BCUT2D eigenvalue weighted by atomic mass is 10.2. The van der Waals surface area contributed by atoms with E-state index in [-0.39, 0.29) is 5.91 Å². The summed E-state index contributed by atoms with van der Waals surface area (Å²) in [5.74, 6) is 0.713. The third-order valence-electron chi connectivity index (χ3n) is 4.52. The molecule has 0 bridgehead atoms. The summed E-state index contributed by atoms with van der Waals surface area (Å²) in [6.45, 7) is 0. The first kappa shape index (κ1) is 18.4. The molecule has 0 aliphatic carbocycles. The van der Waals surface area contributed by atoms with E-state index in [4.69, 9.17) is 4.74 Å². The lowest BCUT2D eigenvalue weighted by Crippen LogP contribution is -2.35. The van der Waals surface area contributed by atoms with Gasteiger partial charge in [-0.05, 0) is 72.8 Å². The van der Waals surface area contributed by atoms with E-state index in [0.717, 1.165) is 22.8 Å². The monoisotopic (exact) mass is 383 g/mol. The van der Waals surface area contributed by atoms with E-state index in [0.29, 0.717) is 5.56 Å². The molecule has 0 atom stereocenters. The maximum atomic E-state index is 13.2. The van der Waals surface area contributed by atoms with Crippen molar-refractivity contribution in [1.82, 2.24) is 4.68 Å². The molecule has 3 aromatic carbocycles. The number of carbonyl (C=O) groups excluding carboxylic acids is 1. The number of ether oxygens (including phenoxy) is 1. The van der Waals surface area contributed by atoms with Gasteiger partial charge in [0, 0.05) is 29.3 Å². The number of nitrogens with zero attached hydrogens (tertiary/aromatic N) is 2. The lowest BCUT2D eigenvalue weighted by Gasteiger charge is -2.24. The predicted molar refractivity (Wildman–Crippen MR) is 116 cm³/mol. The van der Waals surface area contributed by atoms with Gasteiger partial charge < -0.3 is 10.1 Å². The second-order valence-electron chi connectivity index (χ2n) is 6.45. The Kier molecular flexibility index (Phi) is 5.29. The number of aromatic nitrogens is 1. The van der Waals surface area contributed by atoms with Crippen molar-refractivity contribution in [3.63, 3.8) is 0 Å². The van der Waals surface area contributed by atoms with Crippen LogP contribution in [0.15, 0.2) is 103 Å². The SMILES string of the molecule is COc1ccc(Nc2ccc(N(C(=O)c3ccccc3)n3cccc3)cc2)cc1. The molecule has 1 amide bonds. The molecule has 0 saturated heterocycles.